The summed E-state index contributed by atoms with van der Waals surface area (Å²) in [5.41, 5.74) is -1.15. The zero-order valence-corrected chi connectivity index (χ0v) is 16.3. The summed E-state index contributed by atoms with van der Waals surface area (Å²) in [6.07, 6.45) is -7.59. The average Bonchev–Trinajstić information content (AvgIpc) is 2.67. The molecule has 2 heterocycles. The molecular weight excluding hydrogens is 399 g/mol. The number of halogens is 3. The van der Waals surface area contributed by atoms with Crippen LogP contribution < -0.4 is 4.90 Å². The molecule has 1 fully saturated rings. The van der Waals surface area contributed by atoms with Crippen LogP contribution in [-0.2, 0) is 20.4 Å². The van der Waals surface area contributed by atoms with Crippen LogP contribution in [0.3, 0.4) is 0 Å². The standard InChI is InChI=1S/C17H26F3N3O6/c1-16(2,27-3)29-7-6-23(10-9-28-11(8-24)14(26)13(10)25)15-21-5-4-12(22-15)17(18,19)20/h4-5,10-11,13-14,24-26H,6-9H2,1-3H3/t10-,11+,13+,14-/m0/s1. The predicted molar refractivity (Wildman–Crippen MR) is 94.0 cm³/mol. The van der Waals surface area contributed by atoms with Crippen molar-refractivity contribution in [1.29, 1.82) is 0 Å². The van der Waals surface area contributed by atoms with Crippen LogP contribution in [0.25, 0.3) is 0 Å². The summed E-state index contributed by atoms with van der Waals surface area (Å²) in [5.74, 6) is -1.25. The van der Waals surface area contributed by atoms with E-state index >= 15 is 0 Å². The number of aliphatic hydroxyl groups excluding tert-OH is 3. The molecule has 1 aliphatic rings. The molecule has 0 aromatic carbocycles. The number of nitrogens with zero attached hydrogens (tertiary/aromatic N) is 3. The molecule has 1 aromatic rings. The van der Waals surface area contributed by atoms with Crippen LogP contribution in [0.5, 0.6) is 0 Å². The second kappa shape index (κ2) is 9.49. The number of aliphatic hydroxyl groups is 3. The van der Waals surface area contributed by atoms with Crippen molar-refractivity contribution >= 4 is 5.95 Å². The highest BCUT2D eigenvalue weighted by Crippen LogP contribution is 2.29. The Kier molecular flexibility index (Phi) is 7.76. The van der Waals surface area contributed by atoms with E-state index in [9.17, 15) is 28.5 Å². The Hall–Kier alpha value is -1.57. The van der Waals surface area contributed by atoms with Crippen LogP contribution >= 0.6 is 0 Å². The molecule has 29 heavy (non-hydrogen) atoms. The molecule has 3 N–H and O–H groups in total. The van der Waals surface area contributed by atoms with Crippen molar-refractivity contribution in [3.8, 4) is 0 Å². The smallest absolute Gasteiger partial charge is 0.394 e. The Balaban J connectivity index is 2.29. The molecule has 0 amide bonds. The molecule has 0 aliphatic carbocycles. The molecule has 1 aliphatic heterocycles. The Bertz CT molecular complexity index is 664. The number of ether oxygens (including phenoxy) is 3. The Morgan fingerprint density at radius 2 is 1.97 bits per heavy atom. The molecule has 0 saturated carbocycles. The van der Waals surface area contributed by atoms with Gasteiger partial charge in [0.25, 0.3) is 0 Å². The fourth-order valence-corrected chi connectivity index (χ4v) is 2.81. The van der Waals surface area contributed by atoms with Crippen molar-refractivity contribution in [2.75, 3.05) is 38.4 Å². The van der Waals surface area contributed by atoms with Gasteiger partial charge >= 0.3 is 6.18 Å². The summed E-state index contributed by atoms with van der Waals surface area (Å²) in [7, 11) is 1.44. The zero-order valence-electron chi connectivity index (χ0n) is 16.3. The highest BCUT2D eigenvalue weighted by atomic mass is 19.4. The lowest BCUT2D eigenvalue weighted by Gasteiger charge is -2.42. The molecule has 0 bridgehead atoms. The first-order chi connectivity index (χ1) is 13.5. The average molecular weight is 425 g/mol. The van der Waals surface area contributed by atoms with Crippen LogP contribution in [0, 0.1) is 0 Å². The van der Waals surface area contributed by atoms with Crippen LogP contribution in [0.15, 0.2) is 12.3 Å². The lowest BCUT2D eigenvalue weighted by Crippen LogP contribution is -2.61. The molecule has 1 saturated heterocycles. The van der Waals surface area contributed by atoms with E-state index in [2.05, 4.69) is 9.97 Å². The monoisotopic (exact) mass is 425 g/mol. The molecule has 1 aromatic heterocycles. The normalized spacial score (nSPS) is 25.8. The number of hydrogen-bond donors (Lipinski definition) is 3. The Morgan fingerprint density at radius 3 is 2.55 bits per heavy atom. The van der Waals surface area contributed by atoms with Gasteiger partial charge in [0.1, 0.15) is 24.0 Å². The van der Waals surface area contributed by atoms with Gasteiger partial charge in [-0.25, -0.2) is 9.97 Å². The summed E-state index contributed by atoms with van der Waals surface area (Å²) < 4.78 is 55.3. The lowest BCUT2D eigenvalue weighted by molar-refractivity contribution is -0.196. The van der Waals surface area contributed by atoms with E-state index in [1.165, 1.54) is 12.0 Å². The van der Waals surface area contributed by atoms with E-state index in [1.807, 2.05) is 0 Å². The van der Waals surface area contributed by atoms with Crippen molar-refractivity contribution in [2.24, 2.45) is 0 Å². The van der Waals surface area contributed by atoms with Crippen LogP contribution in [-0.4, -0.2) is 88.9 Å². The summed E-state index contributed by atoms with van der Waals surface area (Å²) in [4.78, 5) is 8.73. The number of methoxy groups -OCH3 is 1. The maximum atomic E-state index is 13.1. The highest BCUT2D eigenvalue weighted by molar-refractivity contribution is 5.34. The molecule has 9 nitrogen and oxygen atoms in total. The van der Waals surface area contributed by atoms with Crippen molar-refractivity contribution in [3.63, 3.8) is 0 Å². The molecule has 0 spiro atoms. The van der Waals surface area contributed by atoms with Gasteiger partial charge in [-0.05, 0) is 19.9 Å². The SMILES string of the molecule is COC(C)(C)OCCN(c1nccc(C(F)(F)F)n1)[C@H]1CO[C@H](CO)[C@H](O)[C@@H]1O. The van der Waals surface area contributed by atoms with Crippen LogP contribution in [0.4, 0.5) is 19.1 Å². The van der Waals surface area contributed by atoms with E-state index in [0.717, 1.165) is 12.3 Å². The van der Waals surface area contributed by atoms with Gasteiger partial charge in [-0.3, -0.25) is 0 Å². The first-order valence-corrected chi connectivity index (χ1v) is 8.94. The molecular formula is C17H26F3N3O6. The van der Waals surface area contributed by atoms with Gasteiger partial charge < -0.3 is 34.4 Å². The minimum Gasteiger partial charge on any atom is -0.394 e. The molecule has 4 atom stereocenters. The van der Waals surface area contributed by atoms with Crippen LogP contribution in [0.2, 0.25) is 0 Å². The van der Waals surface area contributed by atoms with E-state index < -0.39 is 48.6 Å². The summed E-state index contributed by atoms with van der Waals surface area (Å²) in [5, 5.41) is 29.8. The van der Waals surface area contributed by atoms with Crippen molar-refractivity contribution in [2.45, 2.75) is 50.2 Å². The third-order valence-corrected chi connectivity index (χ3v) is 4.65. The quantitative estimate of drug-likeness (QED) is 0.502. The predicted octanol–water partition coefficient (Wildman–Crippen LogP) is 0.182. The number of rotatable bonds is 8. The van der Waals surface area contributed by atoms with Gasteiger partial charge in [-0.1, -0.05) is 0 Å². The fourth-order valence-electron chi connectivity index (χ4n) is 2.81. The van der Waals surface area contributed by atoms with E-state index in [0.29, 0.717) is 0 Å². The largest absolute Gasteiger partial charge is 0.433 e. The maximum absolute atomic E-state index is 13.1. The number of alkyl halides is 3. The van der Waals surface area contributed by atoms with Crippen molar-refractivity contribution in [3.05, 3.63) is 18.0 Å². The first-order valence-electron chi connectivity index (χ1n) is 8.94. The van der Waals surface area contributed by atoms with Gasteiger partial charge in [0.15, 0.2) is 5.79 Å². The van der Waals surface area contributed by atoms with E-state index in [4.69, 9.17) is 14.2 Å². The molecule has 2 rings (SSSR count). The molecule has 0 unspecified atom stereocenters. The van der Waals surface area contributed by atoms with Crippen molar-refractivity contribution < 1.29 is 42.7 Å². The van der Waals surface area contributed by atoms with Gasteiger partial charge in [0.05, 0.1) is 25.9 Å². The van der Waals surface area contributed by atoms with Gasteiger partial charge in [-0.15, -0.1) is 0 Å². The molecule has 0 radical (unpaired) electrons. The van der Waals surface area contributed by atoms with Gasteiger partial charge in [0, 0.05) is 19.9 Å². The highest BCUT2D eigenvalue weighted by Gasteiger charge is 2.42. The minimum absolute atomic E-state index is 0.00316. The molecule has 166 valence electrons. The fraction of sp³-hybridized carbons (Fsp3) is 0.765. The summed E-state index contributed by atoms with van der Waals surface area (Å²) in [6, 6.07) is -0.234. The van der Waals surface area contributed by atoms with Gasteiger partial charge in [0.2, 0.25) is 5.95 Å². The number of aromatic nitrogens is 2. The molecule has 12 heteroatoms. The van der Waals surface area contributed by atoms with E-state index in [-0.39, 0.29) is 25.7 Å². The van der Waals surface area contributed by atoms with Gasteiger partial charge in [-0.2, -0.15) is 13.2 Å². The third kappa shape index (κ3) is 5.96. The summed E-state index contributed by atoms with van der Waals surface area (Å²) >= 11 is 0. The second-order valence-corrected chi connectivity index (χ2v) is 6.99. The third-order valence-electron chi connectivity index (χ3n) is 4.65. The number of anilines is 1. The zero-order chi connectivity index (χ0) is 21.8. The van der Waals surface area contributed by atoms with E-state index in [1.54, 1.807) is 13.8 Å². The Labute approximate surface area is 166 Å². The maximum Gasteiger partial charge on any atom is 0.433 e. The first kappa shape index (κ1) is 23.7. The lowest BCUT2D eigenvalue weighted by atomic mass is 9.97. The topological polar surface area (TPSA) is 117 Å². The minimum atomic E-state index is -4.68. The summed E-state index contributed by atoms with van der Waals surface area (Å²) in [6.45, 7) is 2.62. The second-order valence-electron chi connectivity index (χ2n) is 6.99. The van der Waals surface area contributed by atoms with Crippen LogP contribution in [0.1, 0.15) is 19.5 Å². The Morgan fingerprint density at radius 1 is 1.28 bits per heavy atom. The van der Waals surface area contributed by atoms with Crippen molar-refractivity contribution in [1.82, 2.24) is 9.97 Å². The number of hydrogen-bond acceptors (Lipinski definition) is 9.